The molecule has 8 rings (SSSR count). The minimum Gasteiger partial charge on any atom is -0.392 e. The van der Waals surface area contributed by atoms with Gasteiger partial charge in [0, 0.05) is 63.6 Å². The Kier molecular flexibility index (Phi) is 10.4. The van der Waals surface area contributed by atoms with E-state index in [1.54, 1.807) is 12.4 Å². The molecule has 3 atom stereocenters. The molecular formula is C42H41N7O4. The van der Waals surface area contributed by atoms with E-state index < -0.39 is 6.29 Å². The van der Waals surface area contributed by atoms with Gasteiger partial charge in [0.1, 0.15) is 5.69 Å². The van der Waals surface area contributed by atoms with Crippen LogP contribution < -0.4 is 10.2 Å². The number of rotatable bonds is 10. The van der Waals surface area contributed by atoms with E-state index in [1.165, 1.54) is 6.20 Å². The van der Waals surface area contributed by atoms with Crippen molar-refractivity contribution in [2.24, 2.45) is 0 Å². The number of carbonyl (C=O) groups is 1. The zero-order chi connectivity index (χ0) is 36.0. The average Bonchev–Trinajstić information content (AvgIpc) is 3.23. The van der Waals surface area contributed by atoms with Crippen LogP contribution in [0, 0.1) is 0 Å². The van der Waals surface area contributed by atoms with E-state index >= 15 is 0 Å². The van der Waals surface area contributed by atoms with Crippen LogP contribution in [-0.4, -0.2) is 74.7 Å². The predicted octanol–water partition coefficient (Wildman–Crippen LogP) is 5.88. The van der Waals surface area contributed by atoms with Gasteiger partial charge in [-0.05, 0) is 58.1 Å². The van der Waals surface area contributed by atoms with Gasteiger partial charge in [0.25, 0.3) is 5.91 Å². The molecule has 0 spiro atoms. The molecule has 11 heteroatoms. The van der Waals surface area contributed by atoms with E-state index in [1.807, 2.05) is 72.8 Å². The Balaban J connectivity index is 0.966. The van der Waals surface area contributed by atoms with Crippen molar-refractivity contribution in [1.29, 1.82) is 0 Å². The van der Waals surface area contributed by atoms with E-state index in [4.69, 9.17) is 9.47 Å². The number of fused-ring (bicyclic) bond motifs is 1. The van der Waals surface area contributed by atoms with E-state index in [-0.39, 0.29) is 30.4 Å². The molecule has 4 aromatic carbocycles. The fourth-order valence-electron chi connectivity index (χ4n) is 6.97. The summed E-state index contributed by atoms with van der Waals surface area (Å²) in [5.41, 5.74) is 7.58. The van der Waals surface area contributed by atoms with Gasteiger partial charge in [-0.3, -0.25) is 14.7 Å². The Labute approximate surface area is 308 Å². The summed E-state index contributed by atoms with van der Waals surface area (Å²) in [4.78, 5) is 35.3. The lowest BCUT2D eigenvalue weighted by molar-refractivity contribution is -0.253. The second-order valence-corrected chi connectivity index (χ2v) is 13.4. The second kappa shape index (κ2) is 16.0. The first kappa shape index (κ1) is 34.5. The minimum absolute atomic E-state index is 0.000333. The summed E-state index contributed by atoms with van der Waals surface area (Å²) in [6.07, 6.45) is 5.00. The number of piperazine rings is 1. The number of carbonyl (C=O) groups excluding carboxylic acids is 1. The third kappa shape index (κ3) is 8.24. The molecule has 6 aromatic rings. The Morgan fingerprint density at radius 3 is 2.30 bits per heavy atom. The van der Waals surface area contributed by atoms with Gasteiger partial charge >= 0.3 is 0 Å². The van der Waals surface area contributed by atoms with Crippen LogP contribution in [0.4, 0.5) is 5.95 Å². The number of para-hydroxylation sites is 2. The highest BCUT2D eigenvalue weighted by Gasteiger charge is 2.34. The maximum Gasteiger partial charge on any atom is 0.271 e. The Morgan fingerprint density at radius 1 is 0.755 bits per heavy atom. The van der Waals surface area contributed by atoms with Gasteiger partial charge < -0.3 is 24.8 Å². The standard InChI is InChI=1S/C42H41N7O4/c50-28-29-12-14-31(15-13-29)39-24-35(27-48-18-20-49(21-19-48)42-43-16-5-17-44-42)52-41(53-39)34-9-4-8-33(23-34)32-7-3-6-30(22-32)25-46-40(51)38-26-45-36-10-1-2-11-37(36)47-38/h1-17,22-23,26,35,39,41,50H,18-21,24-25,27-28H2,(H,46,51)/t35-,39+,41+/m0/s1. The van der Waals surface area contributed by atoms with E-state index in [9.17, 15) is 9.90 Å². The number of hydrogen-bond donors (Lipinski definition) is 2. The second-order valence-electron chi connectivity index (χ2n) is 13.4. The van der Waals surface area contributed by atoms with Crippen molar-refractivity contribution < 1.29 is 19.4 Å². The van der Waals surface area contributed by atoms with Crippen molar-refractivity contribution in [2.45, 2.75) is 38.1 Å². The molecular weight excluding hydrogens is 667 g/mol. The molecule has 0 aliphatic carbocycles. The van der Waals surface area contributed by atoms with Crippen LogP contribution in [0.3, 0.4) is 0 Å². The first-order valence-electron chi connectivity index (χ1n) is 18.0. The lowest BCUT2D eigenvalue weighted by Gasteiger charge is -2.40. The zero-order valence-electron chi connectivity index (χ0n) is 29.3. The van der Waals surface area contributed by atoms with Crippen LogP contribution in [0.5, 0.6) is 0 Å². The molecule has 0 unspecified atom stereocenters. The van der Waals surface area contributed by atoms with Gasteiger partial charge in [0.2, 0.25) is 5.95 Å². The minimum atomic E-state index is -0.569. The quantitative estimate of drug-likeness (QED) is 0.178. The van der Waals surface area contributed by atoms with Gasteiger partial charge in [-0.25, -0.2) is 15.0 Å². The molecule has 0 radical (unpaired) electrons. The molecule has 53 heavy (non-hydrogen) atoms. The predicted molar refractivity (Wildman–Crippen MR) is 202 cm³/mol. The molecule has 4 heterocycles. The maximum atomic E-state index is 13.0. The van der Waals surface area contributed by atoms with Crippen LogP contribution in [0.25, 0.3) is 22.2 Å². The molecule has 0 bridgehead atoms. The molecule has 2 aliphatic heterocycles. The lowest BCUT2D eigenvalue weighted by atomic mass is 9.98. The first-order valence-corrected chi connectivity index (χ1v) is 18.0. The molecule has 1 amide bonds. The molecule has 2 fully saturated rings. The molecule has 11 nitrogen and oxygen atoms in total. The van der Waals surface area contributed by atoms with E-state index in [0.29, 0.717) is 12.1 Å². The smallest absolute Gasteiger partial charge is 0.271 e. The number of anilines is 1. The van der Waals surface area contributed by atoms with Crippen LogP contribution in [-0.2, 0) is 22.6 Å². The number of aromatic nitrogens is 4. The van der Waals surface area contributed by atoms with Crippen molar-refractivity contribution in [2.75, 3.05) is 37.6 Å². The number of aliphatic hydroxyl groups is 1. The summed E-state index contributed by atoms with van der Waals surface area (Å²) < 4.78 is 13.4. The van der Waals surface area contributed by atoms with Crippen molar-refractivity contribution in [3.8, 4) is 11.1 Å². The van der Waals surface area contributed by atoms with Crippen LogP contribution >= 0.6 is 0 Å². The molecule has 2 aromatic heterocycles. The number of nitrogens with zero attached hydrogens (tertiary/aromatic N) is 6. The number of aliphatic hydroxyl groups excluding tert-OH is 1. The van der Waals surface area contributed by atoms with Crippen LogP contribution in [0.15, 0.2) is 122 Å². The third-order valence-electron chi connectivity index (χ3n) is 9.84. The van der Waals surface area contributed by atoms with Gasteiger partial charge in [0.15, 0.2) is 6.29 Å². The van der Waals surface area contributed by atoms with Crippen LogP contribution in [0.1, 0.15) is 51.6 Å². The van der Waals surface area contributed by atoms with Crippen molar-refractivity contribution in [3.63, 3.8) is 0 Å². The van der Waals surface area contributed by atoms with Crippen LogP contribution in [0.2, 0.25) is 0 Å². The normalized spacial score (nSPS) is 19.3. The van der Waals surface area contributed by atoms with Crippen molar-refractivity contribution >= 4 is 22.9 Å². The Morgan fingerprint density at radius 2 is 1.51 bits per heavy atom. The third-order valence-corrected chi connectivity index (χ3v) is 9.84. The summed E-state index contributed by atoms with van der Waals surface area (Å²) in [5.74, 6) is 0.497. The van der Waals surface area contributed by atoms with Gasteiger partial charge in [-0.1, -0.05) is 72.8 Å². The van der Waals surface area contributed by atoms with E-state index in [2.05, 4.69) is 65.4 Å². The first-order chi connectivity index (χ1) is 26.1. The fourth-order valence-corrected chi connectivity index (χ4v) is 6.97. The Bertz CT molecular complexity index is 2160. The molecule has 268 valence electrons. The summed E-state index contributed by atoms with van der Waals surface area (Å²) in [7, 11) is 0. The highest BCUT2D eigenvalue weighted by molar-refractivity contribution is 5.93. The van der Waals surface area contributed by atoms with Gasteiger partial charge in [-0.15, -0.1) is 0 Å². The van der Waals surface area contributed by atoms with Gasteiger partial charge in [-0.2, -0.15) is 0 Å². The molecule has 2 N–H and O–H groups in total. The zero-order valence-corrected chi connectivity index (χ0v) is 29.3. The number of nitrogens with one attached hydrogen (secondary N) is 1. The number of benzene rings is 4. The summed E-state index contributed by atoms with van der Waals surface area (Å²) in [5, 5.41) is 12.6. The van der Waals surface area contributed by atoms with E-state index in [0.717, 1.165) is 84.0 Å². The average molecular weight is 708 g/mol. The van der Waals surface area contributed by atoms with Crippen molar-refractivity contribution in [3.05, 3.63) is 150 Å². The number of hydrogen-bond acceptors (Lipinski definition) is 10. The monoisotopic (exact) mass is 707 g/mol. The molecule has 2 aliphatic rings. The van der Waals surface area contributed by atoms with Gasteiger partial charge in [0.05, 0.1) is 36.0 Å². The number of ether oxygens (including phenoxy) is 2. The Hall–Kier alpha value is -5.59. The molecule has 2 saturated heterocycles. The summed E-state index contributed by atoms with van der Waals surface area (Å²) in [6, 6.07) is 33.8. The highest BCUT2D eigenvalue weighted by Crippen LogP contribution is 2.39. The maximum absolute atomic E-state index is 13.0. The fraction of sp³-hybridized carbons (Fsp3) is 0.262. The van der Waals surface area contributed by atoms with Crippen molar-refractivity contribution in [1.82, 2.24) is 30.2 Å². The summed E-state index contributed by atoms with van der Waals surface area (Å²) >= 11 is 0. The lowest BCUT2D eigenvalue weighted by Crippen LogP contribution is -2.50. The SMILES string of the molecule is O=C(NCc1cccc(-c2cccc([C@@H]3O[C@H](CN4CCN(c5ncccn5)CC4)C[C@H](c4ccc(CO)cc4)O3)c2)c1)c1cnc2ccccc2n1. The molecule has 0 saturated carbocycles. The highest BCUT2D eigenvalue weighted by atomic mass is 16.7. The largest absolute Gasteiger partial charge is 0.392 e. The topological polar surface area (TPSA) is 126 Å². The summed E-state index contributed by atoms with van der Waals surface area (Å²) in [6.45, 7) is 4.62. The number of amides is 1.